The quantitative estimate of drug-likeness (QED) is 0.610. The molecular formula is C20H20ClN7O2S. The molecule has 11 heteroatoms. The van der Waals surface area contributed by atoms with Crippen LogP contribution >= 0.6 is 23.1 Å². The molecular weight excluding hydrogens is 438 g/mol. The Labute approximate surface area is 188 Å². The summed E-state index contributed by atoms with van der Waals surface area (Å²) in [6.07, 6.45) is 1.75. The van der Waals surface area contributed by atoms with Crippen molar-refractivity contribution in [1.82, 2.24) is 24.8 Å². The zero-order chi connectivity index (χ0) is 21.6. The number of nitrogens with zero attached hydrogens (tertiary/aromatic N) is 5. The Hall–Kier alpha value is -3.24. The van der Waals surface area contributed by atoms with Crippen molar-refractivity contribution in [1.29, 1.82) is 0 Å². The Morgan fingerprint density at radius 1 is 1.06 bits per heavy atom. The van der Waals surface area contributed by atoms with E-state index in [2.05, 4.69) is 30.1 Å². The number of anilines is 2. The summed E-state index contributed by atoms with van der Waals surface area (Å²) in [5, 5.41) is 10.4. The van der Waals surface area contributed by atoms with Gasteiger partial charge >= 0.3 is 6.03 Å². The lowest BCUT2D eigenvalue weighted by Gasteiger charge is -2.35. The average Bonchev–Trinajstić information content (AvgIpc) is 3.27. The van der Waals surface area contributed by atoms with E-state index in [0.717, 1.165) is 22.9 Å². The zero-order valence-electron chi connectivity index (χ0n) is 16.5. The lowest BCUT2D eigenvalue weighted by molar-refractivity contribution is 0.0946. The molecule has 2 aromatic heterocycles. The monoisotopic (exact) mass is 457 g/mol. The predicted octanol–water partition coefficient (Wildman–Crippen LogP) is 2.87. The Morgan fingerprint density at radius 3 is 2.55 bits per heavy atom. The van der Waals surface area contributed by atoms with Gasteiger partial charge in [0.25, 0.3) is 5.91 Å². The van der Waals surface area contributed by atoms with Gasteiger partial charge in [-0.05, 0) is 29.8 Å². The van der Waals surface area contributed by atoms with Gasteiger partial charge < -0.3 is 15.1 Å². The first kappa shape index (κ1) is 21.0. The van der Waals surface area contributed by atoms with Gasteiger partial charge in [-0.2, -0.15) is 0 Å². The number of hydrogen-bond donors (Lipinski definition) is 2. The van der Waals surface area contributed by atoms with Crippen LogP contribution in [0.5, 0.6) is 0 Å². The van der Waals surface area contributed by atoms with Gasteiger partial charge in [-0.25, -0.2) is 9.78 Å². The van der Waals surface area contributed by atoms with Crippen molar-refractivity contribution in [2.75, 3.05) is 36.4 Å². The number of carbonyl (C=O) groups is 2. The van der Waals surface area contributed by atoms with Gasteiger partial charge in [-0.1, -0.05) is 34.3 Å². The van der Waals surface area contributed by atoms with Crippen LogP contribution in [-0.4, -0.2) is 57.6 Å². The normalized spacial score (nSPS) is 13.7. The highest BCUT2D eigenvalue weighted by Gasteiger charge is 2.24. The summed E-state index contributed by atoms with van der Waals surface area (Å²) in [7, 11) is 0. The number of nitrogens with one attached hydrogen (secondary N) is 2. The van der Waals surface area contributed by atoms with Crippen molar-refractivity contribution in [2.45, 2.75) is 6.54 Å². The number of benzene rings is 1. The van der Waals surface area contributed by atoms with E-state index in [9.17, 15) is 9.59 Å². The molecule has 160 valence electrons. The van der Waals surface area contributed by atoms with Crippen LogP contribution in [0.3, 0.4) is 0 Å². The molecule has 1 fully saturated rings. The minimum Gasteiger partial charge on any atom is -0.353 e. The number of rotatable bonds is 5. The minimum atomic E-state index is -0.404. The lowest BCUT2D eigenvalue weighted by atomic mass is 10.2. The number of amides is 3. The highest BCUT2D eigenvalue weighted by Crippen LogP contribution is 2.20. The van der Waals surface area contributed by atoms with E-state index in [1.54, 1.807) is 23.2 Å². The number of hydrogen-bond acceptors (Lipinski definition) is 7. The summed E-state index contributed by atoms with van der Waals surface area (Å²) < 4.78 is 3.82. The predicted molar refractivity (Wildman–Crippen MR) is 120 cm³/mol. The molecule has 3 amide bonds. The maximum atomic E-state index is 12.7. The maximum absolute atomic E-state index is 12.7. The molecule has 1 aliphatic rings. The summed E-state index contributed by atoms with van der Waals surface area (Å²) in [4.78, 5) is 33.4. The van der Waals surface area contributed by atoms with Crippen molar-refractivity contribution >= 4 is 45.9 Å². The van der Waals surface area contributed by atoms with E-state index in [0.29, 0.717) is 42.7 Å². The van der Waals surface area contributed by atoms with Gasteiger partial charge in [-0.15, -0.1) is 5.10 Å². The molecule has 31 heavy (non-hydrogen) atoms. The zero-order valence-corrected chi connectivity index (χ0v) is 18.1. The second kappa shape index (κ2) is 9.71. The smallest absolute Gasteiger partial charge is 0.322 e. The van der Waals surface area contributed by atoms with Crippen molar-refractivity contribution in [3.8, 4) is 0 Å². The van der Waals surface area contributed by atoms with E-state index >= 15 is 0 Å². The van der Waals surface area contributed by atoms with E-state index in [1.165, 1.54) is 0 Å². The van der Waals surface area contributed by atoms with Gasteiger partial charge in [-0.3, -0.25) is 10.1 Å². The second-order valence-electron chi connectivity index (χ2n) is 6.85. The van der Waals surface area contributed by atoms with Crippen LogP contribution in [0, 0.1) is 0 Å². The van der Waals surface area contributed by atoms with Crippen molar-refractivity contribution in [3.05, 3.63) is 64.9 Å². The summed E-state index contributed by atoms with van der Waals surface area (Å²) in [5.74, 6) is 0.493. The molecule has 3 aromatic rings. The number of pyridine rings is 1. The molecule has 0 radical (unpaired) electrons. The fourth-order valence-electron chi connectivity index (χ4n) is 3.15. The fourth-order valence-corrected chi connectivity index (χ4v) is 3.83. The summed E-state index contributed by atoms with van der Waals surface area (Å²) in [5.41, 5.74) is 0.997. The average molecular weight is 458 g/mol. The first-order chi connectivity index (χ1) is 15.1. The first-order valence-corrected chi connectivity index (χ1v) is 10.8. The fraction of sp³-hybridized carbons (Fsp3) is 0.250. The standard InChI is InChI=1S/C20H20ClN7O2S/c21-15-6-4-14(5-7-15)13-23-18(29)17-19(31-26-25-17)24-20(30)28-11-9-27(10-12-28)16-3-1-2-8-22-16/h1-8H,9-13H2,(H,23,29)(H,24,30). The van der Waals surface area contributed by atoms with Crippen LogP contribution in [-0.2, 0) is 6.54 Å². The van der Waals surface area contributed by atoms with E-state index in [-0.39, 0.29) is 11.7 Å². The molecule has 1 saturated heterocycles. The summed E-state index contributed by atoms with van der Waals surface area (Å²) >= 11 is 6.85. The van der Waals surface area contributed by atoms with Crippen LogP contribution in [0.25, 0.3) is 0 Å². The first-order valence-electron chi connectivity index (χ1n) is 9.67. The summed E-state index contributed by atoms with van der Waals surface area (Å²) in [6, 6.07) is 12.7. The Kier molecular flexibility index (Phi) is 6.58. The van der Waals surface area contributed by atoms with Crippen LogP contribution in [0.2, 0.25) is 5.02 Å². The van der Waals surface area contributed by atoms with Gasteiger partial charge in [0.1, 0.15) is 5.82 Å². The third-order valence-corrected chi connectivity index (χ3v) is 5.72. The molecule has 0 unspecified atom stereocenters. The van der Waals surface area contributed by atoms with Crippen molar-refractivity contribution in [3.63, 3.8) is 0 Å². The molecule has 0 spiro atoms. The van der Waals surface area contributed by atoms with Gasteiger partial charge in [0.05, 0.1) is 0 Å². The SMILES string of the molecule is O=C(NCc1ccc(Cl)cc1)c1nnsc1NC(=O)N1CCN(c2ccccn2)CC1. The molecule has 9 nitrogen and oxygen atoms in total. The van der Waals surface area contributed by atoms with E-state index in [1.807, 2.05) is 30.3 Å². The molecule has 1 aliphatic heterocycles. The Morgan fingerprint density at radius 2 is 1.84 bits per heavy atom. The second-order valence-corrected chi connectivity index (χ2v) is 8.04. The van der Waals surface area contributed by atoms with Crippen LogP contribution in [0.4, 0.5) is 15.6 Å². The van der Waals surface area contributed by atoms with Gasteiger partial charge in [0.2, 0.25) is 0 Å². The molecule has 2 N–H and O–H groups in total. The van der Waals surface area contributed by atoms with Gasteiger partial charge in [0, 0.05) is 55.5 Å². The number of halogens is 1. The van der Waals surface area contributed by atoms with Crippen molar-refractivity contribution < 1.29 is 9.59 Å². The van der Waals surface area contributed by atoms with Crippen LogP contribution < -0.4 is 15.5 Å². The topological polar surface area (TPSA) is 103 Å². The summed E-state index contributed by atoms with van der Waals surface area (Å²) in [6.45, 7) is 2.77. The number of carbonyl (C=O) groups excluding carboxylic acids is 2. The molecule has 4 rings (SSSR count). The highest BCUT2D eigenvalue weighted by molar-refractivity contribution is 7.10. The molecule has 0 atom stereocenters. The number of piperazine rings is 1. The largest absolute Gasteiger partial charge is 0.353 e. The lowest BCUT2D eigenvalue weighted by Crippen LogP contribution is -2.50. The Bertz CT molecular complexity index is 1040. The van der Waals surface area contributed by atoms with Crippen LogP contribution in [0.1, 0.15) is 16.1 Å². The minimum absolute atomic E-state index is 0.0967. The van der Waals surface area contributed by atoms with Gasteiger partial charge in [0.15, 0.2) is 10.7 Å². The number of urea groups is 1. The van der Waals surface area contributed by atoms with Crippen molar-refractivity contribution in [2.24, 2.45) is 0 Å². The molecule has 0 saturated carbocycles. The van der Waals surface area contributed by atoms with E-state index < -0.39 is 5.91 Å². The number of aromatic nitrogens is 3. The third kappa shape index (κ3) is 5.28. The molecule has 1 aromatic carbocycles. The molecule has 3 heterocycles. The maximum Gasteiger partial charge on any atom is 0.322 e. The Balaban J connectivity index is 1.31. The van der Waals surface area contributed by atoms with Crippen LogP contribution in [0.15, 0.2) is 48.7 Å². The third-order valence-electron chi connectivity index (χ3n) is 4.83. The molecule has 0 aliphatic carbocycles. The molecule has 0 bridgehead atoms. The highest BCUT2D eigenvalue weighted by atomic mass is 35.5. The van der Waals surface area contributed by atoms with E-state index in [4.69, 9.17) is 11.6 Å².